The van der Waals surface area contributed by atoms with Gasteiger partial charge in [-0.3, -0.25) is 0 Å². The molecule has 2 rings (SSSR count). The molecule has 4 nitrogen and oxygen atoms in total. The van der Waals surface area contributed by atoms with Crippen LogP contribution >= 0.6 is 0 Å². The number of nitrogens with one attached hydrogen (secondary N) is 1. The Balaban J connectivity index is 2.12. The number of aromatic nitrogens is 3. The van der Waals surface area contributed by atoms with Gasteiger partial charge in [0.2, 0.25) is 5.92 Å². The summed E-state index contributed by atoms with van der Waals surface area (Å²) in [5, 5.41) is 11.5. The molecule has 1 aliphatic rings. The first-order valence-corrected chi connectivity index (χ1v) is 7.57. The van der Waals surface area contributed by atoms with Crippen LogP contribution in [0.3, 0.4) is 0 Å². The van der Waals surface area contributed by atoms with Gasteiger partial charge in [0, 0.05) is 19.4 Å². The highest BCUT2D eigenvalue weighted by molar-refractivity contribution is 5.05. The lowest BCUT2D eigenvalue weighted by Gasteiger charge is -2.34. The fourth-order valence-electron chi connectivity index (χ4n) is 3.02. The summed E-state index contributed by atoms with van der Waals surface area (Å²) in [5.41, 5.74) is 1.03. The minimum atomic E-state index is -2.48. The van der Waals surface area contributed by atoms with Crippen molar-refractivity contribution in [1.82, 2.24) is 20.3 Å². The summed E-state index contributed by atoms with van der Waals surface area (Å²) in [6.07, 6.45) is 3.86. The maximum atomic E-state index is 13.3. The molecule has 1 saturated carbocycles. The molecule has 0 aromatic carbocycles. The second kappa shape index (κ2) is 6.61. The summed E-state index contributed by atoms with van der Waals surface area (Å²) in [6.45, 7) is 5.77. The van der Waals surface area contributed by atoms with Crippen LogP contribution in [0.25, 0.3) is 0 Å². The molecular formula is C14H24F2N4. The number of hydrogen-bond acceptors (Lipinski definition) is 3. The van der Waals surface area contributed by atoms with Gasteiger partial charge in [-0.05, 0) is 31.7 Å². The van der Waals surface area contributed by atoms with E-state index in [9.17, 15) is 8.78 Å². The molecule has 1 aromatic rings. The molecule has 0 radical (unpaired) electrons. The predicted molar refractivity (Wildman–Crippen MR) is 73.6 cm³/mol. The van der Waals surface area contributed by atoms with Crippen molar-refractivity contribution in [3.63, 3.8) is 0 Å². The van der Waals surface area contributed by atoms with Crippen molar-refractivity contribution in [1.29, 1.82) is 0 Å². The van der Waals surface area contributed by atoms with Gasteiger partial charge in [0.25, 0.3) is 0 Å². The smallest absolute Gasteiger partial charge is 0.248 e. The van der Waals surface area contributed by atoms with Gasteiger partial charge in [0.05, 0.1) is 17.9 Å². The number of rotatable bonds is 6. The molecule has 1 heterocycles. The summed E-state index contributed by atoms with van der Waals surface area (Å²) in [6, 6.07) is 0.0812. The Hall–Kier alpha value is -1.04. The lowest BCUT2D eigenvalue weighted by Crippen LogP contribution is -2.35. The molecule has 0 bridgehead atoms. The molecule has 1 atom stereocenters. The first-order valence-electron chi connectivity index (χ1n) is 7.57. The van der Waals surface area contributed by atoms with Crippen LogP contribution in [0.2, 0.25) is 0 Å². The number of alkyl halides is 2. The average molecular weight is 286 g/mol. The standard InChI is InChI=1S/C14H24F2N4/c1-3-9-20-12(10-18-19-20)13(17-4-2)11-5-7-14(15,16)8-6-11/h10-11,13,17H,3-9H2,1-2H3. The van der Waals surface area contributed by atoms with Crippen molar-refractivity contribution in [2.75, 3.05) is 6.54 Å². The van der Waals surface area contributed by atoms with Crippen LogP contribution in [0.5, 0.6) is 0 Å². The Morgan fingerprint density at radius 2 is 2.10 bits per heavy atom. The topological polar surface area (TPSA) is 42.7 Å². The fourth-order valence-corrected chi connectivity index (χ4v) is 3.02. The molecule has 20 heavy (non-hydrogen) atoms. The molecule has 1 unspecified atom stereocenters. The fraction of sp³-hybridized carbons (Fsp3) is 0.857. The number of hydrogen-bond donors (Lipinski definition) is 1. The summed E-state index contributed by atoms with van der Waals surface area (Å²) in [5.74, 6) is -2.24. The Kier molecular flexibility index (Phi) is 5.07. The zero-order chi connectivity index (χ0) is 14.6. The maximum Gasteiger partial charge on any atom is 0.248 e. The molecule has 0 amide bonds. The van der Waals surface area contributed by atoms with Gasteiger partial charge < -0.3 is 5.32 Å². The zero-order valence-electron chi connectivity index (χ0n) is 12.3. The van der Waals surface area contributed by atoms with E-state index in [2.05, 4.69) is 22.6 Å². The highest BCUT2D eigenvalue weighted by Crippen LogP contribution is 2.41. The Bertz CT molecular complexity index is 409. The van der Waals surface area contributed by atoms with Crippen molar-refractivity contribution in [2.24, 2.45) is 5.92 Å². The zero-order valence-corrected chi connectivity index (χ0v) is 12.3. The summed E-state index contributed by atoms with van der Waals surface area (Å²) >= 11 is 0. The Labute approximate surface area is 118 Å². The lowest BCUT2D eigenvalue weighted by atomic mass is 9.81. The molecule has 0 spiro atoms. The number of aryl methyl sites for hydroxylation is 1. The van der Waals surface area contributed by atoms with Gasteiger partial charge in [-0.2, -0.15) is 0 Å². The van der Waals surface area contributed by atoms with Crippen molar-refractivity contribution in [2.45, 2.75) is 64.5 Å². The predicted octanol–water partition coefficient (Wildman–Crippen LogP) is 3.16. The minimum Gasteiger partial charge on any atom is -0.309 e. The van der Waals surface area contributed by atoms with Crippen LogP contribution in [-0.4, -0.2) is 27.5 Å². The molecule has 0 saturated heterocycles. The van der Waals surface area contributed by atoms with Gasteiger partial charge in [-0.15, -0.1) is 5.10 Å². The highest BCUT2D eigenvalue weighted by Gasteiger charge is 2.38. The van der Waals surface area contributed by atoms with E-state index in [-0.39, 0.29) is 24.8 Å². The third-order valence-corrected chi connectivity index (χ3v) is 4.06. The van der Waals surface area contributed by atoms with Gasteiger partial charge >= 0.3 is 0 Å². The van der Waals surface area contributed by atoms with Crippen molar-refractivity contribution < 1.29 is 8.78 Å². The van der Waals surface area contributed by atoms with Crippen molar-refractivity contribution in [3.8, 4) is 0 Å². The average Bonchev–Trinajstić information content (AvgIpc) is 2.85. The monoisotopic (exact) mass is 286 g/mol. The normalized spacial score (nSPS) is 21.0. The molecule has 1 aliphatic carbocycles. The van der Waals surface area contributed by atoms with E-state index < -0.39 is 5.92 Å². The summed E-state index contributed by atoms with van der Waals surface area (Å²) in [4.78, 5) is 0. The Morgan fingerprint density at radius 3 is 2.70 bits per heavy atom. The second-order valence-electron chi connectivity index (χ2n) is 5.61. The lowest BCUT2D eigenvalue weighted by molar-refractivity contribution is -0.0500. The van der Waals surface area contributed by atoms with Crippen LogP contribution in [0.4, 0.5) is 8.78 Å². The van der Waals surface area contributed by atoms with E-state index in [1.165, 1.54) is 0 Å². The molecule has 6 heteroatoms. The van der Waals surface area contributed by atoms with Gasteiger partial charge in [0.15, 0.2) is 0 Å². The molecule has 1 aromatic heterocycles. The SMILES string of the molecule is CCCn1nncc1C(NCC)C1CCC(F)(F)CC1. The molecule has 114 valence electrons. The van der Waals surface area contributed by atoms with Crippen LogP contribution in [0.1, 0.15) is 57.7 Å². The van der Waals surface area contributed by atoms with Crippen LogP contribution < -0.4 is 5.32 Å². The molecule has 1 N–H and O–H groups in total. The van der Waals surface area contributed by atoms with E-state index in [4.69, 9.17) is 0 Å². The van der Waals surface area contributed by atoms with Crippen LogP contribution in [0, 0.1) is 5.92 Å². The first kappa shape index (κ1) is 15.4. The van der Waals surface area contributed by atoms with E-state index >= 15 is 0 Å². The summed E-state index contributed by atoms with van der Waals surface area (Å²) in [7, 11) is 0. The van der Waals surface area contributed by atoms with Gasteiger partial charge in [-0.25, -0.2) is 13.5 Å². The first-order chi connectivity index (χ1) is 9.57. The third-order valence-electron chi connectivity index (χ3n) is 4.06. The highest BCUT2D eigenvalue weighted by atomic mass is 19.3. The summed E-state index contributed by atoms with van der Waals surface area (Å²) < 4.78 is 28.5. The van der Waals surface area contributed by atoms with Gasteiger partial charge in [-0.1, -0.05) is 19.1 Å². The van der Waals surface area contributed by atoms with Crippen molar-refractivity contribution >= 4 is 0 Å². The largest absolute Gasteiger partial charge is 0.309 e. The molecule has 1 fully saturated rings. The number of nitrogens with zero attached hydrogens (tertiary/aromatic N) is 3. The Morgan fingerprint density at radius 1 is 1.40 bits per heavy atom. The second-order valence-corrected chi connectivity index (χ2v) is 5.61. The van der Waals surface area contributed by atoms with E-state index in [1.807, 2.05) is 11.6 Å². The van der Waals surface area contributed by atoms with Crippen LogP contribution in [0.15, 0.2) is 6.20 Å². The van der Waals surface area contributed by atoms with Gasteiger partial charge in [0.1, 0.15) is 0 Å². The molecular weight excluding hydrogens is 262 g/mol. The minimum absolute atomic E-state index is 0.00506. The van der Waals surface area contributed by atoms with Crippen LogP contribution in [-0.2, 0) is 6.54 Å². The van der Waals surface area contributed by atoms with E-state index in [0.717, 1.165) is 25.2 Å². The van der Waals surface area contributed by atoms with Crippen molar-refractivity contribution in [3.05, 3.63) is 11.9 Å². The van der Waals surface area contributed by atoms with E-state index in [0.29, 0.717) is 12.8 Å². The quantitative estimate of drug-likeness (QED) is 0.873. The molecule has 0 aliphatic heterocycles. The third kappa shape index (κ3) is 3.53. The maximum absolute atomic E-state index is 13.3. The van der Waals surface area contributed by atoms with E-state index in [1.54, 1.807) is 6.20 Å². The number of halogens is 2.